The van der Waals surface area contributed by atoms with Gasteiger partial charge in [-0.3, -0.25) is 29.0 Å². The minimum Gasteiger partial charge on any atom is -0.370 e. The summed E-state index contributed by atoms with van der Waals surface area (Å²) < 4.78 is 0. The van der Waals surface area contributed by atoms with E-state index in [9.17, 15) is 24.0 Å². The van der Waals surface area contributed by atoms with Crippen molar-refractivity contribution in [1.82, 2.24) is 26.2 Å². The first kappa shape index (κ1) is 29.8. The van der Waals surface area contributed by atoms with E-state index >= 15 is 0 Å². The van der Waals surface area contributed by atoms with E-state index in [0.29, 0.717) is 51.6 Å². The zero-order valence-electron chi connectivity index (χ0n) is 21.6. The number of aliphatic imine (C=N–C) groups is 1. The molecule has 0 bridgehead atoms. The highest BCUT2D eigenvalue weighted by Gasteiger charge is 2.38. The van der Waals surface area contributed by atoms with Gasteiger partial charge in [-0.25, -0.2) is 0 Å². The molecule has 208 valence electrons. The number of unbranched alkanes of at least 4 members (excludes halogenated alkanes) is 1. The summed E-state index contributed by atoms with van der Waals surface area (Å²) in [7, 11) is 0. The predicted octanol–water partition coefficient (Wildman–Crippen LogP) is -2.85. The topological polar surface area (TPSA) is 227 Å². The number of carbonyl (C=O) groups is 5. The van der Waals surface area contributed by atoms with E-state index < -0.39 is 59.7 Å². The van der Waals surface area contributed by atoms with Gasteiger partial charge in [0.25, 0.3) is 0 Å². The maximum absolute atomic E-state index is 13.2. The number of nitrogens with zero attached hydrogens (tertiary/aromatic N) is 2. The molecule has 37 heavy (non-hydrogen) atoms. The van der Waals surface area contributed by atoms with Gasteiger partial charge in [0.1, 0.15) is 30.2 Å². The second kappa shape index (κ2) is 14.4. The van der Waals surface area contributed by atoms with Gasteiger partial charge in [0.05, 0.1) is 0 Å². The molecule has 0 radical (unpaired) electrons. The molecule has 0 aromatic carbocycles. The van der Waals surface area contributed by atoms with Crippen molar-refractivity contribution in [3.05, 3.63) is 0 Å². The molecule has 2 rings (SSSR count). The van der Waals surface area contributed by atoms with Crippen LogP contribution in [-0.2, 0) is 24.0 Å². The summed E-state index contributed by atoms with van der Waals surface area (Å²) in [5, 5.41) is 10.7. The Morgan fingerprint density at radius 1 is 0.838 bits per heavy atom. The molecule has 0 saturated carbocycles. The fraction of sp³-hybridized carbons (Fsp3) is 0.739. The summed E-state index contributed by atoms with van der Waals surface area (Å²) in [5.74, 6) is -2.62. The van der Waals surface area contributed by atoms with Crippen LogP contribution in [0.2, 0.25) is 0 Å². The number of fused-ring (bicyclic) bond motifs is 1. The van der Waals surface area contributed by atoms with E-state index in [0.717, 1.165) is 0 Å². The summed E-state index contributed by atoms with van der Waals surface area (Å²) in [6, 6.07) is -4.56. The molecular weight excluding hydrogens is 482 g/mol. The van der Waals surface area contributed by atoms with E-state index in [1.54, 1.807) is 6.92 Å². The molecule has 2 saturated heterocycles. The predicted molar refractivity (Wildman–Crippen MR) is 137 cm³/mol. The van der Waals surface area contributed by atoms with Crippen LogP contribution in [0.1, 0.15) is 58.8 Å². The lowest BCUT2D eigenvalue weighted by Gasteiger charge is -2.29. The zero-order chi connectivity index (χ0) is 27.5. The SMILES string of the molecule is C[C@@H]1NC(=O)[C@@H](CCCN=C(N)N)NC(=O)[C@@H]2CCCN2C(=O)[C@H](C)NC(=O)[C@@H](CCCCN)NC1=O. The summed E-state index contributed by atoms with van der Waals surface area (Å²) >= 11 is 0. The summed E-state index contributed by atoms with van der Waals surface area (Å²) in [6.07, 6.45) is 3.20. The Morgan fingerprint density at radius 2 is 1.43 bits per heavy atom. The Balaban J connectivity index is 2.31. The number of guanidine groups is 1. The molecule has 0 spiro atoms. The van der Waals surface area contributed by atoms with E-state index in [4.69, 9.17) is 17.2 Å². The Morgan fingerprint density at radius 3 is 2.05 bits per heavy atom. The van der Waals surface area contributed by atoms with Crippen LogP contribution in [0.5, 0.6) is 0 Å². The van der Waals surface area contributed by atoms with Crippen LogP contribution in [-0.4, -0.2) is 90.2 Å². The molecule has 0 aliphatic carbocycles. The summed E-state index contributed by atoms with van der Waals surface area (Å²) in [5.41, 5.74) is 16.3. The first-order valence-corrected chi connectivity index (χ1v) is 12.8. The number of hydrogen-bond acceptors (Lipinski definition) is 7. The normalized spacial score (nSPS) is 27.7. The molecule has 0 unspecified atom stereocenters. The fourth-order valence-electron chi connectivity index (χ4n) is 4.41. The Labute approximate surface area is 216 Å². The van der Waals surface area contributed by atoms with Crippen LogP contribution in [0.15, 0.2) is 4.99 Å². The molecule has 14 heteroatoms. The van der Waals surface area contributed by atoms with Crippen molar-refractivity contribution < 1.29 is 24.0 Å². The third kappa shape index (κ3) is 8.88. The van der Waals surface area contributed by atoms with Crippen molar-refractivity contribution in [2.75, 3.05) is 19.6 Å². The molecule has 2 heterocycles. The average molecular weight is 524 g/mol. The number of rotatable bonds is 8. The second-order valence-corrected chi connectivity index (χ2v) is 9.51. The van der Waals surface area contributed by atoms with Crippen molar-refractivity contribution in [2.45, 2.75) is 89.0 Å². The summed E-state index contributed by atoms with van der Waals surface area (Å²) in [4.78, 5) is 70.6. The maximum Gasteiger partial charge on any atom is 0.245 e. The molecule has 2 aliphatic rings. The lowest BCUT2D eigenvalue weighted by Crippen LogP contribution is -2.56. The fourth-order valence-corrected chi connectivity index (χ4v) is 4.41. The third-order valence-corrected chi connectivity index (χ3v) is 6.48. The third-order valence-electron chi connectivity index (χ3n) is 6.48. The van der Waals surface area contributed by atoms with Crippen molar-refractivity contribution in [2.24, 2.45) is 22.2 Å². The number of nitrogens with two attached hydrogens (primary N) is 3. The van der Waals surface area contributed by atoms with Crippen molar-refractivity contribution in [1.29, 1.82) is 0 Å². The van der Waals surface area contributed by atoms with Gasteiger partial charge in [-0.15, -0.1) is 0 Å². The van der Waals surface area contributed by atoms with Gasteiger partial charge < -0.3 is 43.4 Å². The molecule has 0 aromatic heterocycles. The molecule has 0 aromatic rings. The monoisotopic (exact) mass is 523 g/mol. The van der Waals surface area contributed by atoms with Gasteiger partial charge in [-0.1, -0.05) is 0 Å². The van der Waals surface area contributed by atoms with Gasteiger partial charge in [0.15, 0.2) is 5.96 Å². The van der Waals surface area contributed by atoms with E-state index in [-0.39, 0.29) is 18.9 Å². The van der Waals surface area contributed by atoms with Crippen molar-refractivity contribution in [3.8, 4) is 0 Å². The largest absolute Gasteiger partial charge is 0.370 e. The summed E-state index contributed by atoms with van der Waals surface area (Å²) in [6.45, 7) is 4.08. The van der Waals surface area contributed by atoms with Crippen LogP contribution in [0.4, 0.5) is 0 Å². The Bertz CT molecular complexity index is 877. The van der Waals surface area contributed by atoms with E-state index in [2.05, 4.69) is 26.3 Å². The lowest BCUT2D eigenvalue weighted by atomic mass is 10.1. The number of nitrogens with one attached hydrogen (secondary N) is 4. The molecule has 5 amide bonds. The van der Waals surface area contributed by atoms with Crippen LogP contribution >= 0.6 is 0 Å². The number of hydrogen-bond donors (Lipinski definition) is 7. The van der Waals surface area contributed by atoms with Gasteiger partial charge in [-0.2, -0.15) is 0 Å². The molecule has 2 fully saturated rings. The molecule has 2 aliphatic heterocycles. The maximum atomic E-state index is 13.2. The Kier molecular flexibility index (Phi) is 11.6. The molecular formula is C23H41N9O5. The Hall–Kier alpha value is -3.42. The first-order valence-electron chi connectivity index (χ1n) is 12.8. The highest BCUT2D eigenvalue weighted by molar-refractivity contribution is 5.97. The van der Waals surface area contributed by atoms with E-state index in [1.165, 1.54) is 11.8 Å². The van der Waals surface area contributed by atoms with Gasteiger partial charge in [0, 0.05) is 13.1 Å². The van der Waals surface area contributed by atoms with Crippen LogP contribution in [0, 0.1) is 0 Å². The molecule has 5 atom stereocenters. The van der Waals surface area contributed by atoms with Crippen molar-refractivity contribution in [3.63, 3.8) is 0 Å². The minimum absolute atomic E-state index is 0.0840. The van der Waals surface area contributed by atoms with E-state index in [1.807, 2.05) is 0 Å². The van der Waals surface area contributed by atoms with Gasteiger partial charge >= 0.3 is 0 Å². The van der Waals surface area contributed by atoms with Crippen LogP contribution in [0.3, 0.4) is 0 Å². The minimum atomic E-state index is -0.985. The molecule has 10 N–H and O–H groups in total. The number of amides is 5. The smallest absolute Gasteiger partial charge is 0.245 e. The highest BCUT2D eigenvalue weighted by atomic mass is 16.2. The quantitative estimate of drug-likeness (QED) is 0.0992. The van der Waals surface area contributed by atoms with Crippen LogP contribution < -0.4 is 38.5 Å². The average Bonchev–Trinajstić information content (AvgIpc) is 3.33. The standard InChI is InChI=1S/C23H41N9O5/c1-13-18(33)30-15(7-3-4-10-24)20(35)29-14(2)22(37)32-12-6-9-17(32)21(36)31-16(19(34)28-13)8-5-11-27-23(25)26/h13-17H,3-12,24H2,1-2H3,(H,28,34)(H,29,35)(H,30,33)(H,31,36)(H4,25,26,27)/t13-,14-,15+,16+,17-/m0/s1. The second-order valence-electron chi connectivity index (χ2n) is 9.51. The molecule has 14 nitrogen and oxygen atoms in total. The van der Waals surface area contributed by atoms with Gasteiger partial charge in [-0.05, 0) is 65.3 Å². The highest BCUT2D eigenvalue weighted by Crippen LogP contribution is 2.19. The first-order chi connectivity index (χ1) is 17.5. The number of carbonyl (C=O) groups excluding carboxylic acids is 5. The van der Waals surface area contributed by atoms with Crippen LogP contribution in [0.25, 0.3) is 0 Å². The zero-order valence-corrected chi connectivity index (χ0v) is 21.6. The van der Waals surface area contributed by atoms with Gasteiger partial charge in [0.2, 0.25) is 29.5 Å². The lowest BCUT2D eigenvalue weighted by molar-refractivity contribution is -0.142. The van der Waals surface area contributed by atoms with Crippen molar-refractivity contribution >= 4 is 35.5 Å².